The van der Waals surface area contributed by atoms with E-state index in [1.807, 2.05) is 6.92 Å². The molecule has 0 spiro atoms. The summed E-state index contributed by atoms with van der Waals surface area (Å²) < 4.78 is 12.9. The van der Waals surface area contributed by atoms with E-state index in [1.165, 1.54) is 10.9 Å². The molecule has 1 heterocycles. The Morgan fingerprint density at radius 2 is 1.82 bits per heavy atom. The number of ether oxygens (including phenoxy) is 2. The maximum atomic E-state index is 5.51. The van der Waals surface area contributed by atoms with Gasteiger partial charge in [0.2, 0.25) is 0 Å². The molecule has 0 amide bonds. The largest absolute Gasteiger partial charge is 0.379 e. The van der Waals surface area contributed by atoms with Gasteiger partial charge in [0.15, 0.2) is 0 Å². The van der Waals surface area contributed by atoms with E-state index < -0.39 is 0 Å². The SMILES string of the molecule is CCOCCOCCn1ccc2ccccc21. The van der Waals surface area contributed by atoms with Crippen LogP contribution in [0.5, 0.6) is 0 Å². The lowest BCUT2D eigenvalue weighted by molar-refractivity contribution is 0.0500. The Balaban J connectivity index is 1.79. The zero-order valence-electron chi connectivity index (χ0n) is 10.3. The highest BCUT2D eigenvalue weighted by Gasteiger charge is 1.99. The monoisotopic (exact) mass is 233 g/mol. The summed E-state index contributed by atoms with van der Waals surface area (Å²) in [5.74, 6) is 0. The molecule has 0 saturated carbocycles. The average molecular weight is 233 g/mol. The molecule has 17 heavy (non-hydrogen) atoms. The van der Waals surface area contributed by atoms with Crippen LogP contribution in [0.3, 0.4) is 0 Å². The van der Waals surface area contributed by atoms with Gasteiger partial charge in [-0.1, -0.05) is 18.2 Å². The fourth-order valence-electron chi connectivity index (χ4n) is 1.86. The highest BCUT2D eigenvalue weighted by atomic mass is 16.5. The summed E-state index contributed by atoms with van der Waals surface area (Å²) in [7, 11) is 0. The molecule has 0 bridgehead atoms. The molecular weight excluding hydrogens is 214 g/mol. The Morgan fingerprint density at radius 1 is 1.00 bits per heavy atom. The van der Waals surface area contributed by atoms with Gasteiger partial charge in [0.05, 0.1) is 19.8 Å². The van der Waals surface area contributed by atoms with Gasteiger partial charge in [0.25, 0.3) is 0 Å². The van der Waals surface area contributed by atoms with Crippen molar-refractivity contribution in [2.75, 3.05) is 26.4 Å². The van der Waals surface area contributed by atoms with Crippen molar-refractivity contribution in [1.29, 1.82) is 0 Å². The highest BCUT2D eigenvalue weighted by molar-refractivity contribution is 5.79. The predicted molar refractivity (Wildman–Crippen MR) is 69.3 cm³/mol. The summed E-state index contributed by atoms with van der Waals surface area (Å²) in [6.45, 7) is 5.72. The van der Waals surface area contributed by atoms with Crippen LogP contribution in [-0.2, 0) is 16.0 Å². The van der Waals surface area contributed by atoms with Crippen molar-refractivity contribution in [3.63, 3.8) is 0 Å². The van der Waals surface area contributed by atoms with Crippen LogP contribution in [0.2, 0.25) is 0 Å². The predicted octanol–water partition coefficient (Wildman–Crippen LogP) is 2.69. The van der Waals surface area contributed by atoms with Gasteiger partial charge < -0.3 is 14.0 Å². The molecule has 0 atom stereocenters. The highest BCUT2D eigenvalue weighted by Crippen LogP contribution is 2.14. The number of benzene rings is 1. The molecule has 0 aliphatic rings. The lowest BCUT2D eigenvalue weighted by Gasteiger charge is -2.06. The number of hydrogen-bond donors (Lipinski definition) is 0. The number of nitrogens with zero attached hydrogens (tertiary/aromatic N) is 1. The van der Waals surface area contributed by atoms with E-state index in [9.17, 15) is 0 Å². The molecule has 3 heteroatoms. The molecule has 3 nitrogen and oxygen atoms in total. The number of para-hydroxylation sites is 1. The molecule has 92 valence electrons. The molecule has 0 N–H and O–H groups in total. The third-order valence-electron chi connectivity index (χ3n) is 2.73. The second-order valence-corrected chi connectivity index (χ2v) is 3.88. The summed E-state index contributed by atoms with van der Waals surface area (Å²) in [5.41, 5.74) is 1.26. The number of fused-ring (bicyclic) bond motifs is 1. The first-order chi connectivity index (χ1) is 8.42. The van der Waals surface area contributed by atoms with Crippen molar-refractivity contribution in [2.24, 2.45) is 0 Å². The van der Waals surface area contributed by atoms with E-state index in [0.717, 1.165) is 19.8 Å². The van der Waals surface area contributed by atoms with Gasteiger partial charge in [-0.05, 0) is 24.4 Å². The van der Waals surface area contributed by atoms with Gasteiger partial charge in [-0.25, -0.2) is 0 Å². The molecule has 1 aromatic heterocycles. The van der Waals surface area contributed by atoms with E-state index in [4.69, 9.17) is 9.47 Å². The summed E-state index contributed by atoms with van der Waals surface area (Å²) >= 11 is 0. The Kier molecular flexibility index (Phi) is 4.59. The zero-order chi connectivity index (χ0) is 11.9. The number of aromatic nitrogens is 1. The minimum absolute atomic E-state index is 0.674. The zero-order valence-corrected chi connectivity index (χ0v) is 10.3. The normalized spacial score (nSPS) is 11.1. The molecule has 0 aliphatic carbocycles. The molecule has 0 saturated heterocycles. The van der Waals surface area contributed by atoms with Crippen LogP contribution < -0.4 is 0 Å². The smallest absolute Gasteiger partial charge is 0.0701 e. The maximum Gasteiger partial charge on any atom is 0.0701 e. The first-order valence-corrected chi connectivity index (χ1v) is 6.11. The van der Waals surface area contributed by atoms with Crippen LogP contribution in [0.1, 0.15) is 6.92 Å². The van der Waals surface area contributed by atoms with Crippen molar-refractivity contribution in [1.82, 2.24) is 4.57 Å². The second kappa shape index (κ2) is 6.42. The van der Waals surface area contributed by atoms with E-state index in [1.54, 1.807) is 0 Å². The lowest BCUT2D eigenvalue weighted by Crippen LogP contribution is -2.09. The van der Waals surface area contributed by atoms with Crippen molar-refractivity contribution in [3.8, 4) is 0 Å². The van der Waals surface area contributed by atoms with E-state index in [0.29, 0.717) is 13.2 Å². The minimum atomic E-state index is 0.674. The maximum absolute atomic E-state index is 5.51. The number of hydrogen-bond acceptors (Lipinski definition) is 2. The van der Waals surface area contributed by atoms with E-state index in [2.05, 4.69) is 41.1 Å². The fraction of sp³-hybridized carbons (Fsp3) is 0.429. The summed E-state index contributed by atoms with van der Waals surface area (Å²) in [5, 5.41) is 1.28. The van der Waals surface area contributed by atoms with Crippen molar-refractivity contribution < 1.29 is 9.47 Å². The van der Waals surface area contributed by atoms with Crippen molar-refractivity contribution in [3.05, 3.63) is 36.5 Å². The molecule has 0 aliphatic heterocycles. The second-order valence-electron chi connectivity index (χ2n) is 3.88. The third-order valence-corrected chi connectivity index (χ3v) is 2.73. The van der Waals surface area contributed by atoms with Gasteiger partial charge >= 0.3 is 0 Å². The first-order valence-electron chi connectivity index (χ1n) is 6.11. The number of rotatable bonds is 7. The van der Waals surface area contributed by atoms with Gasteiger partial charge in [-0.3, -0.25) is 0 Å². The standard InChI is InChI=1S/C14H19NO2/c1-2-16-11-12-17-10-9-15-8-7-13-5-3-4-6-14(13)15/h3-8H,2,9-12H2,1H3. The molecule has 1 aromatic carbocycles. The Morgan fingerprint density at radius 3 is 2.71 bits per heavy atom. The van der Waals surface area contributed by atoms with Gasteiger partial charge in [0.1, 0.15) is 0 Å². The van der Waals surface area contributed by atoms with Crippen LogP contribution in [0.25, 0.3) is 10.9 Å². The first kappa shape index (κ1) is 12.1. The van der Waals surface area contributed by atoms with Gasteiger partial charge in [-0.2, -0.15) is 0 Å². The quantitative estimate of drug-likeness (QED) is 0.686. The van der Waals surface area contributed by atoms with Crippen LogP contribution in [0, 0.1) is 0 Å². The molecule has 2 aromatic rings. The van der Waals surface area contributed by atoms with Gasteiger partial charge in [0, 0.05) is 24.9 Å². The molecular formula is C14H19NO2. The minimum Gasteiger partial charge on any atom is -0.379 e. The van der Waals surface area contributed by atoms with Crippen LogP contribution in [0.4, 0.5) is 0 Å². The topological polar surface area (TPSA) is 23.4 Å². The average Bonchev–Trinajstić information content (AvgIpc) is 2.77. The third kappa shape index (κ3) is 3.32. The van der Waals surface area contributed by atoms with Gasteiger partial charge in [-0.15, -0.1) is 0 Å². The molecule has 2 rings (SSSR count). The summed E-state index contributed by atoms with van der Waals surface area (Å²) in [6.07, 6.45) is 2.11. The molecule has 0 fully saturated rings. The molecule has 0 unspecified atom stereocenters. The lowest BCUT2D eigenvalue weighted by atomic mass is 10.2. The van der Waals surface area contributed by atoms with Crippen molar-refractivity contribution in [2.45, 2.75) is 13.5 Å². The summed E-state index contributed by atoms with van der Waals surface area (Å²) in [4.78, 5) is 0. The molecule has 0 radical (unpaired) electrons. The van der Waals surface area contributed by atoms with Crippen LogP contribution in [0.15, 0.2) is 36.5 Å². The Hall–Kier alpha value is -1.32. The summed E-state index contributed by atoms with van der Waals surface area (Å²) in [6, 6.07) is 10.5. The van der Waals surface area contributed by atoms with E-state index in [-0.39, 0.29) is 0 Å². The Labute approximate surface area is 102 Å². The van der Waals surface area contributed by atoms with Crippen LogP contribution in [-0.4, -0.2) is 31.0 Å². The van der Waals surface area contributed by atoms with E-state index >= 15 is 0 Å². The fourth-order valence-corrected chi connectivity index (χ4v) is 1.86. The van der Waals surface area contributed by atoms with Crippen molar-refractivity contribution >= 4 is 10.9 Å². The Bertz CT molecular complexity index is 450. The van der Waals surface area contributed by atoms with Crippen LogP contribution >= 0.6 is 0 Å².